The van der Waals surface area contributed by atoms with E-state index in [0.717, 1.165) is 19.6 Å². The van der Waals surface area contributed by atoms with Crippen LogP contribution in [-0.2, 0) is 21.6 Å². The SMILES string of the molecule is O=S1CCN(CC[S@@](=O)c2cc(Cl)ccc2Cl)CC1. The zero-order valence-corrected chi connectivity index (χ0v) is 13.5. The van der Waals surface area contributed by atoms with Gasteiger partial charge in [-0.2, -0.15) is 0 Å². The van der Waals surface area contributed by atoms with Crippen molar-refractivity contribution in [1.82, 2.24) is 4.90 Å². The Balaban J connectivity index is 1.90. The van der Waals surface area contributed by atoms with Gasteiger partial charge in [-0.05, 0) is 18.2 Å². The largest absolute Gasteiger partial charge is 0.301 e. The molecule has 0 N–H and O–H groups in total. The van der Waals surface area contributed by atoms with Crippen molar-refractivity contribution in [2.75, 3.05) is 36.9 Å². The Kier molecular flexibility index (Phi) is 5.84. The third-order valence-corrected chi connectivity index (χ3v) is 6.34. The first-order chi connectivity index (χ1) is 9.06. The van der Waals surface area contributed by atoms with Gasteiger partial charge in [-0.1, -0.05) is 23.2 Å². The van der Waals surface area contributed by atoms with Gasteiger partial charge < -0.3 is 4.90 Å². The fourth-order valence-electron chi connectivity index (χ4n) is 1.87. The van der Waals surface area contributed by atoms with Crippen molar-refractivity contribution >= 4 is 44.8 Å². The number of benzene rings is 1. The fourth-order valence-corrected chi connectivity index (χ4v) is 4.80. The third kappa shape index (κ3) is 4.53. The van der Waals surface area contributed by atoms with Crippen LogP contribution in [-0.4, -0.2) is 50.2 Å². The van der Waals surface area contributed by atoms with Crippen LogP contribution in [0.15, 0.2) is 23.1 Å². The molecule has 19 heavy (non-hydrogen) atoms. The molecule has 0 unspecified atom stereocenters. The highest BCUT2D eigenvalue weighted by Gasteiger charge is 2.16. The normalized spacial score (nSPS) is 19.5. The Morgan fingerprint density at radius 3 is 2.63 bits per heavy atom. The number of nitrogens with zero attached hydrogens (tertiary/aromatic N) is 1. The molecule has 0 saturated carbocycles. The van der Waals surface area contributed by atoms with E-state index >= 15 is 0 Å². The molecule has 1 aliphatic heterocycles. The summed E-state index contributed by atoms with van der Waals surface area (Å²) in [6.07, 6.45) is 0. The molecule has 1 aliphatic rings. The fraction of sp³-hybridized carbons (Fsp3) is 0.500. The van der Waals surface area contributed by atoms with Crippen LogP contribution in [0.25, 0.3) is 0 Å². The van der Waals surface area contributed by atoms with Crippen molar-refractivity contribution in [3.8, 4) is 0 Å². The van der Waals surface area contributed by atoms with Gasteiger partial charge in [0, 0.05) is 52.7 Å². The molecule has 0 bridgehead atoms. The number of rotatable bonds is 4. The van der Waals surface area contributed by atoms with E-state index in [1.54, 1.807) is 18.2 Å². The maximum atomic E-state index is 12.2. The Bertz CT molecular complexity index is 501. The molecule has 1 atom stereocenters. The lowest BCUT2D eigenvalue weighted by Gasteiger charge is -2.25. The van der Waals surface area contributed by atoms with Gasteiger partial charge in [0.05, 0.1) is 20.7 Å². The topological polar surface area (TPSA) is 37.4 Å². The molecule has 1 fully saturated rings. The van der Waals surface area contributed by atoms with Crippen molar-refractivity contribution in [2.24, 2.45) is 0 Å². The van der Waals surface area contributed by atoms with E-state index in [-0.39, 0.29) is 0 Å². The minimum atomic E-state index is -1.15. The van der Waals surface area contributed by atoms with Crippen LogP contribution in [0.4, 0.5) is 0 Å². The summed E-state index contributed by atoms with van der Waals surface area (Å²) in [6.45, 7) is 2.35. The van der Waals surface area contributed by atoms with Gasteiger partial charge in [0.1, 0.15) is 0 Å². The van der Waals surface area contributed by atoms with Crippen molar-refractivity contribution in [3.05, 3.63) is 28.2 Å². The predicted molar refractivity (Wildman–Crippen MR) is 82.1 cm³/mol. The molecule has 7 heteroatoms. The van der Waals surface area contributed by atoms with Crippen LogP contribution in [0, 0.1) is 0 Å². The van der Waals surface area contributed by atoms with Crippen LogP contribution < -0.4 is 0 Å². The smallest absolute Gasteiger partial charge is 0.0589 e. The zero-order chi connectivity index (χ0) is 13.8. The average Bonchev–Trinajstić information content (AvgIpc) is 2.40. The van der Waals surface area contributed by atoms with E-state index in [4.69, 9.17) is 23.2 Å². The first-order valence-electron chi connectivity index (χ1n) is 5.97. The Hall–Kier alpha value is 0.0600. The van der Waals surface area contributed by atoms with Crippen LogP contribution in [0.1, 0.15) is 0 Å². The molecule has 0 aromatic heterocycles. The molecular formula is C12H15Cl2NO2S2. The molecule has 3 nitrogen and oxygen atoms in total. The van der Waals surface area contributed by atoms with E-state index in [0.29, 0.717) is 32.2 Å². The minimum Gasteiger partial charge on any atom is -0.301 e. The molecule has 2 rings (SSSR count). The highest BCUT2D eigenvalue weighted by molar-refractivity contribution is 7.85. The van der Waals surface area contributed by atoms with Crippen LogP contribution in [0.2, 0.25) is 10.0 Å². The summed E-state index contributed by atoms with van der Waals surface area (Å²) in [5.41, 5.74) is 0. The summed E-state index contributed by atoms with van der Waals surface area (Å²) >= 11 is 11.9. The first kappa shape index (κ1) is 15.4. The predicted octanol–water partition coefficient (Wildman–Crippen LogP) is 2.17. The van der Waals surface area contributed by atoms with Gasteiger partial charge in [0.15, 0.2) is 0 Å². The molecule has 1 aromatic rings. The molecular weight excluding hydrogens is 325 g/mol. The van der Waals surface area contributed by atoms with Crippen molar-refractivity contribution < 1.29 is 8.42 Å². The van der Waals surface area contributed by atoms with Crippen molar-refractivity contribution in [1.29, 1.82) is 0 Å². The molecule has 0 amide bonds. The molecule has 0 spiro atoms. The lowest BCUT2D eigenvalue weighted by atomic mass is 10.4. The standard InChI is InChI=1S/C12H15Cl2NO2S2/c13-10-1-2-11(14)12(9-10)19(17)8-5-15-3-6-18(16)7-4-15/h1-2,9H,3-8H2/t19-/m1/s1. The van der Waals surface area contributed by atoms with Gasteiger partial charge in [0.25, 0.3) is 0 Å². The highest BCUT2D eigenvalue weighted by atomic mass is 35.5. The van der Waals surface area contributed by atoms with Gasteiger partial charge >= 0.3 is 0 Å². The summed E-state index contributed by atoms with van der Waals surface area (Å²) in [5.74, 6) is 1.95. The summed E-state index contributed by atoms with van der Waals surface area (Å²) in [5, 5.41) is 1.03. The summed E-state index contributed by atoms with van der Waals surface area (Å²) in [4.78, 5) is 2.78. The minimum absolute atomic E-state index is 0.488. The molecule has 0 radical (unpaired) electrons. The number of hydrogen-bond donors (Lipinski definition) is 0. The van der Waals surface area contributed by atoms with Gasteiger partial charge in [-0.15, -0.1) is 0 Å². The average molecular weight is 340 g/mol. The second-order valence-electron chi connectivity index (χ2n) is 4.31. The third-order valence-electron chi connectivity index (χ3n) is 3.00. The Morgan fingerprint density at radius 1 is 1.26 bits per heavy atom. The Labute approximate surface area is 128 Å². The van der Waals surface area contributed by atoms with Crippen molar-refractivity contribution in [2.45, 2.75) is 4.90 Å². The quantitative estimate of drug-likeness (QED) is 0.843. The summed E-state index contributed by atoms with van der Waals surface area (Å²) in [7, 11) is -1.82. The van der Waals surface area contributed by atoms with Gasteiger partial charge in [0.2, 0.25) is 0 Å². The van der Waals surface area contributed by atoms with Gasteiger partial charge in [-0.25, -0.2) is 0 Å². The molecule has 0 aliphatic carbocycles. The maximum Gasteiger partial charge on any atom is 0.0589 e. The van der Waals surface area contributed by atoms with Crippen LogP contribution in [0.5, 0.6) is 0 Å². The van der Waals surface area contributed by atoms with E-state index in [9.17, 15) is 8.42 Å². The van der Waals surface area contributed by atoms with Gasteiger partial charge in [-0.3, -0.25) is 8.42 Å². The lowest BCUT2D eigenvalue weighted by Crippen LogP contribution is -2.39. The maximum absolute atomic E-state index is 12.2. The monoisotopic (exact) mass is 339 g/mol. The highest BCUT2D eigenvalue weighted by Crippen LogP contribution is 2.23. The second kappa shape index (κ2) is 7.18. The first-order valence-corrected chi connectivity index (χ1v) is 9.53. The molecule has 1 heterocycles. The second-order valence-corrected chi connectivity index (χ2v) is 8.39. The van der Waals surface area contributed by atoms with E-state index in [1.807, 2.05) is 0 Å². The van der Waals surface area contributed by atoms with E-state index in [2.05, 4.69) is 4.90 Å². The summed E-state index contributed by atoms with van der Waals surface area (Å²) < 4.78 is 23.4. The van der Waals surface area contributed by atoms with E-state index < -0.39 is 21.6 Å². The molecule has 1 saturated heterocycles. The van der Waals surface area contributed by atoms with Crippen LogP contribution in [0.3, 0.4) is 0 Å². The zero-order valence-electron chi connectivity index (χ0n) is 10.3. The molecule has 1 aromatic carbocycles. The number of halogens is 2. The van der Waals surface area contributed by atoms with E-state index in [1.165, 1.54) is 0 Å². The molecule has 106 valence electrons. The lowest BCUT2D eigenvalue weighted by molar-refractivity contribution is 0.318. The number of hydrogen-bond acceptors (Lipinski definition) is 3. The Morgan fingerprint density at radius 2 is 1.95 bits per heavy atom. The van der Waals surface area contributed by atoms with Crippen LogP contribution >= 0.6 is 23.2 Å². The summed E-state index contributed by atoms with van der Waals surface area (Å²) in [6, 6.07) is 5.01. The van der Waals surface area contributed by atoms with Crippen molar-refractivity contribution in [3.63, 3.8) is 0 Å².